The Kier molecular flexibility index (Phi) is 3.60. The normalized spacial score (nSPS) is 39.4. The Labute approximate surface area is 110 Å². The molecule has 1 unspecified atom stereocenters. The summed E-state index contributed by atoms with van der Waals surface area (Å²) in [6.45, 7) is 2.42. The van der Waals surface area contributed by atoms with Crippen molar-refractivity contribution in [2.24, 2.45) is 17.8 Å². The van der Waals surface area contributed by atoms with Gasteiger partial charge >= 0.3 is 5.97 Å². The molecule has 3 nitrogen and oxygen atoms in total. The molecule has 0 heterocycles. The van der Waals surface area contributed by atoms with Gasteiger partial charge in [0.15, 0.2) is 0 Å². The van der Waals surface area contributed by atoms with Crippen LogP contribution in [0.25, 0.3) is 0 Å². The molecule has 0 aliphatic heterocycles. The highest BCUT2D eigenvalue weighted by Crippen LogP contribution is 2.49. The van der Waals surface area contributed by atoms with Crippen molar-refractivity contribution in [1.82, 2.24) is 5.32 Å². The second-order valence-corrected chi connectivity index (χ2v) is 6.28. The molecule has 0 aromatic heterocycles. The number of hydrogen-bond donors (Lipinski definition) is 1. The number of rotatable bonds is 4. The molecule has 3 rings (SSSR count). The minimum atomic E-state index is 0.0557. The van der Waals surface area contributed by atoms with Crippen molar-refractivity contribution in [3.05, 3.63) is 0 Å². The molecule has 3 saturated carbocycles. The monoisotopic (exact) mass is 251 g/mol. The average Bonchev–Trinajstić information content (AvgIpc) is 3.04. The van der Waals surface area contributed by atoms with Crippen LogP contribution < -0.4 is 5.32 Å². The van der Waals surface area contributed by atoms with Gasteiger partial charge in [-0.3, -0.25) is 4.79 Å². The molecule has 0 aromatic carbocycles. The van der Waals surface area contributed by atoms with Crippen LogP contribution in [0.2, 0.25) is 0 Å². The number of nitrogens with one attached hydrogen (secondary N) is 1. The largest absolute Gasteiger partial charge is 0.466 e. The summed E-state index contributed by atoms with van der Waals surface area (Å²) in [5.41, 5.74) is 0. The number of hydrogen-bond acceptors (Lipinski definition) is 3. The topological polar surface area (TPSA) is 38.3 Å². The number of esters is 1. The maximum absolute atomic E-state index is 12.2. The van der Waals surface area contributed by atoms with E-state index in [1.165, 1.54) is 44.9 Å². The molecule has 3 aliphatic rings. The van der Waals surface area contributed by atoms with Gasteiger partial charge in [-0.15, -0.1) is 0 Å². The Balaban J connectivity index is 1.67. The summed E-state index contributed by atoms with van der Waals surface area (Å²) in [6.07, 6.45) is 9.08. The van der Waals surface area contributed by atoms with E-state index < -0.39 is 0 Å². The summed E-state index contributed by atoms with van der Waals surface area (Å²) in [6, 6.07) is 1.07. The number of fused-ring (bicyclic) bond motifs is 2. The molecule has 0 spiro atoms. The van der Waals surface area contributed by atoms with E-state index in [0.717, 1.165) is 5.92 Å². The maximum atomic E-state index is 12.2. The van der Waals surface area contributed by atoms with Crippen LogP contribution >= 0.6 is 0 Å². The van der Waals surface area contributed by atoms with Gasteiger partial charge in [-0.2, -0.15) is 0 Å². The first-order chi connectivity index (χ1) is 8.79. The lowest BCUT2D eigenvalue weighted by atomic mass is 9.84. The quantitative estimate of drug-likeness (QED) is 0.780. The summed E-state index contributed by atoms with van der Waals surface area (Å²) >= 11 is 0. The fourth-order valence-electron chi connectivity index (χ4n) is 4.47. The van der Waals surface area contributed by atoms with Gasteiger partial charge in [0.1, 0.15) is 0 Å². The molecule has 0 amide bonds. The fraction of sp³-hybridized carbons (Fsp3) is 0.933. The lowest BCUT2D eigenvalue weighted by molar-refractivity contribution is -0.150. The zero-order chi connectivity index (χ0) is 12.5. The smallest absolute Gasteiger partial charge is 0.310 e. The minimum Gasteiger partial charge on any atom is -0.466 e. The van der Waals surface area contributed by atoms with Gasteiger partial charge in [-0.25, -0.2) is 0 Å². The SMILES string of the molecule is CCOC(=O)C1[C@@H]2CC[C@@H](C2)[C@@H]1NC1CCCC1. The average molecular weight is 251 g/mol. The molecule has 3 heteroatoms. The van der Waals surface area contributed by atoms with E-state index in [9.17, 15) is 4.79 Å². The van der Waals surface area contributed by atoms with E-state index in [1.54, 1.807) is 0 Å². The second-order valence-electron chi connectivity index (χ2n) is 6.28. The van der Waals surface area contributed by atoms with Crippen molar-refractivity contribution in [1.29, 1.82) is 0 Å². The Morgan fingerprint density at radius 1 is 1.17 bits per heavy atom. The summed E-state index contributed by atoms with van der Waals surface area (Å²) in [7, 11) is 0. The number of carbonyl (C=O) groups excluding carboxylic acids is 1. The van der Waals surface area contributed by atoms with E-state index in [0.29, 0.717) is 24.6 Å². The van der Waals surface area contributed by atoms with Gasteiger partial charge in [-0.1, -0.05) is 12.8 Å². The Bertz CT molecular complexity index is 312. The van der Waals surface area contributed by atoms with E-state index in [1.807, 2.05) is 6.92 Å². The van der Waals surface area contributed by atoms with Crippen LogP contribution in [0.4, 0.5) is 0 Å². The molecular formula is C15H25NO2. The van der Waals surface area contributed by atoms with Crippen LogP contribution in [-0.4, -0.2) is 24.7 Å². The van der Waals surface area contributed by atoms with E-state index in [2.05, 4.69) is 5.32 Å². The van der Waals surface area contributed by atoms with Gasteiger partial charge in [0.05, 0.1) is 12.5 Å². The first kappa shape index (κ1) is 12.5. The molecule has 4 atom stereocenters. The van der Waals surface area contributed by atoms with Gasteiger partial charge in [0.2, 0.25) is 0 Å². The molecule has 102 valence electrons. The first-order valence-corrected chi connectivity index (χ1v) is 7.72. The van der Waals surface area contributed by atoms with Crippen molar-refractivity contribution in [3.8, 4) is 0 Å². The third-order valence-electron chi connectivity index (χ3n) is 5.26. The van der Waals surface area contributed by atoms with Gasteiger partial charge in [0.25, 0.3) is 0 Å². The summed E-state index contributed by atoms with van der Waals surface area (Å²) in [5, 5.41) is 3.80. The molecule has 0 aromatic rings. The molecule has 1 N–H and O–H groups in total. The molecule has 2 bridgehead atoms. The molecule has 3 fully saturated rings. The lowest BCUT2D eigenvalue weighted by Gasteiger charge is -2.32. The Morgan fingerprint density at radius 3 is 2.61 bits per heavy atom. The van der Waals surface area contributed by atoms with Crippen LogP contribution in [-0.2, 0) is 9.53 Å². The third kappa shape index (κ3) is 2.18. The lowest BCUT2D eigenvalue weighted by Crippen LogP contribution is -2.48. The molecule has 18 heavy (non-hydrogen) atoms. The molecule has 0 radical (unpaired) electrons. The highest BCUT2D eigenvalue weighted by molar-refractivity contribution is 5.74. The zero-order valence-corrected chi connectivity index (χ0v) is 11.4. The van der Waals surface area contributed by atoms with Crippen LogP contribution in [0.1, 0.15) is 51.9 Å². The van der Waals surface area contributed by atoms with Crippen LogP contribution in [0.5, 0.6) is 0 Å². The predicted octanol–water partition coefficient (Wildman–Crippen LogP) is 2.50. The number of ether oxygens (including phenoxy) is 1. The molecule has 3 aliphatic carbocycles. The van der Waals surface area contributed by atoms with E-state index in [4.69, 9.17) is 4.74 Å². The first-order valence-electron chi connectivity index (χ1n) is 7.72. The second kappa shape index (κ2) is 5.20. The van der Waals surface area contributed by atoms with Crippen LogP contribution in [0.3, 0.4) is 0 Å². The van der Waals surface area contributed by atoms with Crippen molar-refractivity contribution >= 4 is 5.97 Å². The van der Waals surface area contributed by atoms with Gasteiger partial charge < -0.3 is 10.1 Å². The minimum absolute atomic E-state index is 0.0557. The van der Waals surface area contributed by atoms with E-state index >= 15 is 0 Å². The Hall–Kier alpha value is -0.570. The molecule has 0 saturated heterocycles. The highest BCUT2D eigenvalue weighted by atomic mass is 16.5. The van der Waals surface area contributed by atoms with Gasteiger partial charge in [0, 0.05) is 12.1 Å². The fourth-order valence-corrected chi connectivity index (χ4v) is 4.47. The standard InChI is InChI=1S/C15H25NO2/c1-2-18-15(17)13-10-7-8-11(9-10)14(13)16-12-5-3-4-6-12/h10-14,16H,2-9H2,1H3/t10-,11+,13?,14+/m1/s1. The van der Waals surface area contributed by atoms with Crippen molar-refractivity contribution in [2.45, 2.75) is 64.0 Å². The Morgan fingerprint density at radius 2 is 1.89 bits per heavy atom. The van der Waals surface area contributed by atoms with Crippen LogP contribution in [0.15, 0.2) is 0 Å². The summed E-state index contributed by atoms with van der Waals surface area (Å²) in [5.74, 6) is 1.52. The zero-order valence-electron chi connectivity index (χ0n) is 11.4. The van der Waals surface area contributed by atoms with Crippen molar-refractivity contribution in [3.63, 3.8) is 0 Å². The van der Waals surface area contributed by atoms with Crippen molar-refractivity contribution < 1.29 is 9.53 Å². The molecular weight excluding hydrogens is 226 g/mol. The van der Waals surface area contributed by atoms with Gasteiger partial charge in [-0.05, 0) is 50.9 Å². The maximum Gasteiger partial charge on any atom is 0.310 e. The van der Waals surface area contributed by atoms with Crippen LogP contribution in [0, 0.1) is 17.8 Å². The van der Waals surface area contributed by atoms with Crippen molar-refractivity contribution in [2.75, 3.05) is 6.61 Å². The highest BCUT2D eigenvalue weighted by Gasteiger charge is 2.51. The third-order valence-corrected chi connectivity index (χ3v) is 5.26. The summed E-state index contributed by atoms with van der Waals surface area (Å²) in [4.78, 5) is 12.2. The summed E-state index contributed by atoms with van der Waals surface area (Å²) < 4.78 is 5.29. The van der Waals surface area contributed by atoms with E-state index in [-0.39, 0.29) is 11.9 Å². The number of carbonyl (C=O) groups is 1. The predicted molar refractivity (Wildman–Crippen MR) is 70.1 cm³/mol.